The van der Waals surface area contributed by atoms with Gasteiger partial charge in [-0.3, -0.25) is 0 Å². The van der Waals surface area contributed by atoms with Crippen LogP contribution < -0.4 is 0 Å². The van der Waals surface area contributed by atoms with Gasteiger partial charge in [-0.1, -0.05) is 0 Å². The molecule has 0 aliphatic rings. The maximum Gasteiger partial charge on any atom is 0.194 e. The van der Waals surface area contributed by atoms with E-state index >= 15 is 0 Å². The van der Waals surface area contributed by atoms with Gasteiger partial charge in [0.2, 0.25) is 0 Å². The zero-order valence-corrected chi connectivity index (χ0v) is 9.96. The van der Waals surface area contributed by atoms with Gasteiger partial charge in [0, 0.05) is 45.2 Å². The second kappa shape index (κ2) is 4.00. The second-order valence-corrected chi connectivity index (χ2v) is 3.69. The van der Waals surface area contributed by atoms with E-state index in [0.29, 0.717) is 5.75 Å². The summed E-state index contributed by atoms with van der Waals surface area (Å²) < 4.78 is 1.45. The van der Waals surface area contributed by atoms with Crippen LogP contribution in [0.3, 0.4) is 0 Å². The Morgan fingerprint density at radius 2 is 1.60 bits per heavy atom. The van der Waals surface area contributed by atoms with Gasteiger partial charge in [0.25, 0.3) is 0 Å². The van der Waals surface area contributed by atoms with E-state index in [0.717, 1.165) is 13.5 Å². The fraction of sp³-hybridized carbons (Fsp3) is 0.250. The third-order valence-corrected chi connectivity index (χ3v) is 2.02. The van der Waals surface area contributed by atoms with E-state index in [-0.39, 0.29) is 0 Å². The molecule has 1 aromatic rings. The van der Waals surface area contributed by atoms with Crippen LogP contribution in [0, 0.1) is 7.66 Å². The van der Waals surface area contributed by atoms with Crippen LogP contribution in [0.25, 0.3) is 0 Å². The van der Waals surface area contributed by atoms with Gasteiger partial charge in [-0.25, -0.2) is 9.97 Å². The Morgan fingerprint density at radius 3 is 2.00 bits per heavy atom. The summed E-state index contributed by atoms with van der Waals surface area (Å²) in [6, 6.07) is 0. The molecule has 0 amide bonds. The Hall–Kier alpha value is 0.820. The maximum atomic E-state index is 4.05. The molecule has 0 spiro atoms. The van der Waals surface area contributed by atoms with Gasteiger partial charge in [0.15, 0.2) is 7.66 Å². The van der Waals surface area contributed by atoms with Gasteiger partial charge < -0.3 is 0 Å². The minimum Gasteiger partial charge on any atom is -0.207 e. The largest absolute Gasteiger partial charge is 0.207 e. The molecule has 0 aliphatic carbocycles. The van der Waals surface area contributed by atoms with Gasteiger partial charge in [-0.05, 0) is 0 Å². The molecule has 0 aliphatic heterocycles. The average Bonchev–Trinajstić information content (AvgIpc) is 1.85. The van der Waals surface area contributed by atoms with Crippen molar-refractivity contribution in [3.05, 3.63) is 13.5 Å². The van der Waals surface area contributed by atoms with Crippen LogP contribution in [0.15, 0.2) is 0 Å². The smallest absolute Gasteiger partial charge is 0.194 e. The highest BCUT2D eigenvalue weighted by Gasteiger charge is 1.98. The van der Waals surface area contributed by atoms with Crippen molar-refractivity contribution in [3.8, 4) is 0 Å². The molecule has 0 aromatic carbocycles. The van der Waals surface area contributed by atoms with Gasteiger partial charge >= 0.3 is 0 Å². The van der Waals surface area contributed by atoms with Crippen LogP contribution >= 0.6 is 57.8 Å². The lowest BCUT2D eigenvalue weighted by Crippen LogP contribution is -2.00. The topological polar surface area (TPSA) is 38.7 Å². The fourth-order valence-electron chi connectivity index (χ4n) is 0.435. The third-order valence-electron chi connectivity index (χ3n) is 0.769. The van der Waals surface area contributed by atoms with Crippen molar-refractivity contribution in [2.45, 2.75) is 5.75 Å². The van der Waals surface area contributed by atoms with Crippen LogP contribution in [0.4, 0.5) is 0 Å². The lowest BCUT2D eigenvalue weighted by molar-refractivity contribution is 0.902. The zero-order valence-electron chi connectivity index (χ0n) is 4.75. The van der Waals surface area contributed by atoms with Gasteiger partial charge in [-0.2, -0.15) is 17.6 Å². The number of thiol groups is 1. The number of nitrogens with zero attached hydrogens (tertiary/aromatic N) is 3. The predicted molar refractivity (Wildman–Crippen MR) is 58.0 cm³/mol. The zero-order chi connectivity index (χ0) is 7.56. The molecule has 6 heteroatoms. The van der Waals surface area contributed by atoms with E-state index in [9.17, 15) is 0 Å². The number of hydrogen-bond donors (Lipinski definition) is 1. The summed E-state index contributed by atoms with van der Waals surface area (Å²) >= 11 is 8.15. The Kier molecular flexibility index (Phi) is 3.56. The first-order chi connectivity index (χ1) is 4.72. The summed E-state index contributed by atoms with van der Waals surface area (Å²) in [5.74, 6) is 1.29. The summed E-state index contributed by atoms with van der Waals surface area (Å²) in [6.45, 7) is 0. The Balaban J connectivity index is 3.06. The monoisotopic (exact) mass is 379 g/mol. The van der Waals surface area contributed by atoms with Crippen molar-refractivity contribution in [2.24, 2.45) is 0 Å². The van der Waals surface area contributed by atoms with Crippen LogP contribution in [0.1, 0.15) is 5.82 Å². The van der Waals surface area contributed by atoms with Gasteiger partial charge in [0.05, 0.1) is 5.75 Å². The Morgan fingerprint density at radius 1 is 1.10 bits per heavy atom. The summed E-state index contributed by atoms with van der Waals surface area (Å²) in [5, 5.41) is 0. The minimum atomic E-state index is 0.564. The molecule has 54 valence electrons. The summed E-state index contributed by atoms with van der Waals surface area (Å²) in [6.07, 6.45) is 0. The summed E-state index contributed by atoms with van der Waals surface area (Å²) in [7, 11) is 0. The molecule has 3 nitrogen and oxygen atoms in total. The molecule has 0 radical (unpaired) electrons. The number of hydrogen-bond acceptors (Lipinski definition) is 4. The highest BCUT2D eigenvalue weighted by Crippen LogP contribution is 2.03. The van der Waals surface area contributed by atoms with Gasteiger partial charge in [0.1, 0.15) is 5.82 Å². The van der Waals surface area contributed by atoms with Crippen LogP contribution in [-0.4, -0.2) is 15.0 Å². The van der Waals surface area contributed by atoms with E-state index in [1.54, 1.807) is 0 Å². The lowest BCUT2D eigenvalue weighted by Gasteiger charge is -1.94. The van der Waals surface area contributed by atoms with E-state index in [1.165, 1.54) is 0 Å². The molecule has 0 saturated carbocycles. The highest BCUT2D eigenvalue weighted by molar-refractivity contribution is 14.1. The van der Waals surface area contributed by atoms with Crippen molar-refractivity contribution < 1.29 is 0 Å². The Bertz CT molecular complexity index is 222. The number of aromatic nitrogens is 3. The fourth-order valence-corrected chi connectivity index (χ4v) is 2.05. The first kappa shape index (κ1) is 8.91. The number of rotatable bonds is 1. The first-order valence-electron chi connectivity index (χ1n) is 2.39. The average molecular weight is 379 g/mol. The van der Waals surface area contributed by atoms with Crippen LogP contribution in [-0.2, 0) is 5.75 Å². The molecule has 0 fully saturated rings. The van der Waals surface area contributed by atoms with E-state index < -0.39 is 0 Å². The Labute approximate surface area is 91.1 Å². The van der Waals surface area contributed by atoms with Crippen LogP contribution in [0.2, 0.25) is 0 Å². The first-order valence-corrected chi connectivity index (χ1v) is 5.18. The lowest BCUT2D eigenvalue weighted by atomic mass is 10.7. The maximum absolute atomic E-state index is 4.05. The van der Waals surface area contributed by atoms with Crippen LogP contribution in [0.5, 0.6) is 0 Å². The van der Waals surface area contributed by atoms with Gasteiger partial charge in [-0.15, -0.1) is 0 Å². The van der Waals surface area contributed by atoms with Crippen molar-refractivity contribution in [2.75, 3.05) is 0 Å². The third kappa shape index (κ3) is 2.46. The van der Waals surface area contributed by atoms with Crippen molar-refractivity contribution in [3.63, 3.8) is 0 Å². The van der Waals surface area contributed by atoms with Crippen molar-refractivity contribution in [1.82, 2.24) is 15.0 Å². The molecule has 1 aromatic heterocycles. The van der Waals surface area contributed by atoms with E-state index in [4.69, 9.17) is 0 Å². The number of halogens is 2. The SMILES string of the molecule is SCc1nc(I)nc(I)n1. The molecule has 0 saturated heterocycles. The molecule has 0 atom stereocenters. The van der Waals surface area contributed by atoms with Crippen molar-refractivity contribution in [1.29, 1.82) is 0 Å². The molecular weight excluding hydrogens is 376 g/mol. The molecule has 1 rings (SSSR count). The molecule has 10 heavy (non-hydrogen) atoms. The minimum absolute atomic E-state index is 0.564. The normalized spacial score (nSPS) is 9.90. The quantitative estimate of drug-likeness (QED) is 0.594. The molecule has 0 N–H and O–H groups in total. The predicted octanol–water partition coefficient (Wildman–Crippen LogP) is 1.51. The summed E-state index contributed by atoms with van der Waals surface area (Å²) in [5.41, 5.74) is 0. The van der Waals surface area contributed by atoms with Crippen molar-refractivity contribution >= 4 is 57.8 Å². The standard InChI is InChI=1S/C4H3I2N3S/c5-3-7-2(1-10)8-4(6)9-3/h10H,1H2. The summed E-state index contributed by atoms with van der Waals surface area (Å²) in [4.78, 5) is 12.1. The highest BCUT2D eigenvalue weighted by atomic mass is 127. The molecule has 1 heterocycles. The second-order valence-electron chi connectivity index (χ2n) is 1.45. The molecular formula is C4H3I2N3S. The molecule has 0 unspecified atom stereocenters. The van der Waals surface area contributed by atoms with E-state index in [2.05, 4.69) is 72.8 Å². The molecule has 0 bridgehead atoms. The van der Waals surface area contributed by atoms with E-state index in [1.807, 2.05) is 0 Å².